The maximum atomic E-state index is 12.6. The van der Waals surface area contributed by atoms with E-state index in [9.17, 15) is 13.2 Å². The van der Waals surface area contributed by atoms with Gasteiger partial charge in [0, 0.05) is 36.0 Å². The van der Waals surface area contributed by atoms with Crippen LogP contribution in [0.25, 0.3) is 11.0 Å². The summed E-state index contributed by atoms with van der Waals surface area (Å²) in [5.41, 5.74) is 1.09. The van der Waals surface area contributed by atoms with Crippen molar-refractivity contribution < 1.29 is 27.4 Å². The van der Waals surface area contributed by atoms with Crippen LogP contribution in [0.1, 0.15) is 5.56 Å². The number of hydrogen-bond acceptors (Lipinski definition) is 7. The average molecular weight is 434 g/mol. The second-order valence-electron chi connectivity index (χ2n) is 6.17. The van der Waals surface area contributed by atoms with Gasteiger partial charge in [0.15, 0.2) is 11.5 Å². The van der Waals surface area contributed by atoms with E-state index in [1.54, 1.807) is 30.5 Å². The molecular weight excluding hydrogens is 412 g/mol. The molecule has 0 aliphatic carbocycles. The molecular formula is C19H22N4O6S. The number of aromatic amines is 1. The summed E-state index contributed by atoms with van der Waals surface area (Å²) in [5.74, 6) is 0.967. The van der Waals surface area contributed by atoms with Gasteiger partial charge >= 0.3 is 0 Å². The van der Waals surface area contributed by atoms with Gasteiger partial charge in [-0.25, -0.2) is 18.1 Å². The topological polar surface area (TPSA) is 132 Å². The molecule has 0 atom stereocenters. The smallest absolute Gasteiger partial charge is 0.243 e. The van der Waals surface area contributed by atoms with Crippen LogP contribution in [-0.4, -0.2) is 52.2 Å². The quantitative estimate of drug-likeness (QED) is 0.461. The van der Waals surface area contributed by atoms with Crippen LogP contribution in [0.3, 0.4) is 0 Å². The first-order valence-electron chi connectivity index (χ1n) is 8.87. The summed E-state index contributed by atoms with van der Waals surface area (Å²) in [4.78, 5) is 19.1. The van der Waals surface area contributed by atoms with Gasteiger partial charge in [-0.3, -0.25) is 4.79 Å². The van der Waals surface area contributed by atoms with E-state index in [0.29, 0.717) is 33.8 Å². The molecule has 0 bridgehead atoms. The van der Waals surface area contributed by atoms with E-state index < -0.39 is 22.5 Å². The first-order valence-corrected chi connectivity index (χ1v) is 10.3. The minimum Gasteiger partial charge on any atom is -0.496 e. The molecule has 160 valence electrons. The number of pyridine rings is 1. The van der Waals surface area contributed by atoms with Crippen LogP contribution in [0.15, 0.2) is 41.6 Å². The highest BCUT2D eigenvalue weighted by Crippen LogP contribution is 2.34. The van der Waals surface area contributed by atoms with Gasteiger partial charge in [-0.05, 0) is 18.2 Å². The van der Waals surface area contributed by atoms with Crippen LogP contribution < -0.4 is 24.2 Å². The lowest BCUT2D eigenvalue weighted by molar-refractivity contribution is -0.120. The Morgan fingerprint density at radius 3 is 2.50 bits per heavy atom. The fourth-order valence-electron chi connectivity index (χ4n) is 2.88. The van der Waals surface area contributed by atoms with E-state index in [-0.39, 0.29) is 11.4 Å². The number of ether oxygens (including phenoxy) is 3. The van der Waals surface area contributed by atoms with Crippen LogP contribution in [0.4, 0.5) is 0 Å². The zero-order valence-corrected chi connectivity index (χ0v) is 17.5. The van der Waals surface area contributed by atoms with E-state index in [4.69, 9.17) is 14.2 Å². The standard InChI is InChI=1S/C19H22N4O6S/c1-27-14-8-16(29-3)15(28-2)7-12(14)9-21-18(24)11-23-30(25,26)17-10-22-19-13(17)5-4-6-20-19/h4-8,10,23H,9,11H2,1-3H3,(H,20,22)(H,21,24). The van der Waals surface area contributed by atoms with E-state index in [2.05, 4.69) is 20.0 Å². The number of nitrogens with zero attached hydrogens (tertiary/aromatic N) is 1. The Morgan fingerprint density at radius 1 is 1.10 bits per heavy atom. The van der Waals surface area contributed by atoms with Crippen LogP contribution in [0.5, 0.6) is 17.2 Å². The molecule has 11 heteroatoms. The molecule has 0 spiro atoms. The fraction of sp³-hybridized carbons (Fsp3) is 0.263. The number of nitrogens with one attached hydrogen (secondary N) is 3. The summed E-state index contributed by atoms with van der Waals surface area (Å²) in [5, 5.41) is 3.10. The van der Waals surface area contributed by atoms with Crippen molar-refractivity contribution in [1.82, 2.24) is 20.0 Å². The number of H-pyrrole nitrogens is 1. The number of hydrogen-bond donors (Lipinski definition) is 3. The SMILES string of the molecule is COc1cc(OC)c(OC)cc1CNC(=O)CNS(=O)(=O)c1c[nH]c2ncccc12. The van der Waals surface area contributed by atoms with Crippen molar-refractivity contribution in [2.75, 3.05) is 27.9 Å². The number of methoxy groups -OCH3 is 3. The lowest BCUT2D eigenvalue weighted by Crippen LogP contribution is -2.36. The molecule has 0 aliphatic heterocycles. The number of benzene rings is 1. The second-order valence-corrected chi connectivity index (χ2v) is 7.91. The monoisotopic (exact) mass is 434 g/mol. The van der Waals surface area contributed by atoms with Crippen LogP contribution in [0.2, 0.25) is 0 Å². The van der Waals surface area contributed by atoms with Crippen molar-refractivity contribution >= 4 is 27.0 Å². The van der Waals surface area contributed by atoms with E-state index in [1.807, 2.05) is 0 Å². The number of aromatic nitrogens is 2. The van der Waals surface area contributed by atoms with Crippen LogP contribution in [-0.2, 0) is 21.4 Å². The fourth-order valence-corrected chi connectivity index (χ4v) is 4.02. The van der Waals surface area contributed by atoms with Gasteiger partial charge in [-0.15, -0.1) is 0 Å². The Morgan fingerprint density at radius 2 is 1.80 bits per heavy atom. The zero-order valence-electron chi connectivity index (χ0n) is 16.7. The highest BCUT2D eigenvalue weighted by molar-refractivity contribution is 7.89. The Balaban J connectivity index is 1.65. The lowest BCUT2D eigenvalue weighted by Gasteiger charge is -2.14. The average Bonchev–Trinajstić information content (AvgIpc) is 3.20. The molecule has 0 unspecified atom stereocenters. The predicted octanol–water partition coefficient (Wildman–Crippen LogP) is 1.18. The molecule has 1 aromatic carbocycles. The number of amides is 1. The molecule has 3 rings (SSSR count). The molecule has 2 aromatic heterocycles. The van der Waals surface area contributed by atoms with E-state index in [0.717, 1.165) is 0 Å². The van der Waals surface area contributed by atoms with Gasteiger partial charge in [0.25, 0.3) is 0 Å². The summed E-state index contributed by atoms with van der Waals surface area (Å²) in [6, 6.07) is 6.60. The molecule has 1 amide bonds. The number of carbonyl (C=O) groups excluding carboxylic acids is 1. The number of sulfonamides is 1. The molecule has 2 heterocycles. The third-order valence-electron chi connectivity index (χ3n) is 4.39. The van der Waals surface area contributed by atoms with Gasteiger partial charge < -0.3 is 24.5 Å². The van der Waals surface area contributed by atoms with Crippen LogP contribution in [0, 0.1) is 0 Å². The summed E-state index contributed by atoms with van der Waals surface area (Å²) < 4.78 is 43.2. The molecule has 10 nitrogen and oxygen atoms in total. The van der Waals surface area contributed by atoms with Crippen molar-refractivity contribution in [3.8, 4) is 17.2 Å². The first kappa shape index (κ1) is 21.4. The lowest BCUT2D eigenvalue weighted by atomic mass is 10.1. The van der Waals surface area contributed by atoms with Gasteiger partial charge in [-0.2, -0.15) is 0 Å². The van der Waals surface area contributed by atoms with Gasteiger partial charge in [0.2, 0.25) is 15.9 Å². The van der Waals surface area contributed by atoms with Crippen molar-refractivity contribution in [2.45, 2.75) is 11.4 Å². The molecule has 30 heavy (non-hydrogen) atoms. The highest BCUT2D eigenvalue weighted by atomic mass is 32.2. The van der Waals surface area contributed by atoms with Gasteiger partial charge in [0.1, 0.15) is 16.3 Å². The Hall–Kier alpha value is -3.31. The third kappa shape index (κ3) is 4.47. The zero-order chi connectivity index (χ0) is 21.7. The maximum Gasteiger partial charge on any atom is 0.243 e. The molecule has 3 aromatic rings. The van der Waals surface area contributed by atoms with Crippen molar-refractivity contribution in [3.05, 3.63) is 42.2 Å². The molecule has 3 N–H and O–H groups in total. The Kier molecular flexibility index (Phi) is 6.43. The summed E-state index contributed by atoms with van der Waals surface area (Å²) >= 11 is 0. The van der Waals surface area contributed by atoms with E-state index >= 15 is 0 Å². The number of fused-ring (bicyclic) bond motifs is 1. The molecule has 0 fully saturated rings. The second kappa shape index (κ2) is 9.01. The molecule has 0 saturated heterocycles. The largest absolute Gasteiger partial charge is 0.496 e. The summed E-state index contributed by atoms with van der Waals surface area (Å²) in [6.07, 6.45) is 2.89. The maximum absolute atomic E-state index is 12.6. The molecule has 0 saturated carbocycles. The van der Waals surface area contributed by atoms with Crippen LogP contribution >= 0.6 is 0 Å². The highest BCUT2D eigenvalue weighted by Gasteiger charge is 2.20. The third-order valence-corrected chi connectivity index (χ3v) is 5.83. The first-order chi connectivity index (χ1) is 14.4. The summed E-state index contributed by atoms with van der Waals surface area (Å²) in [7, 11) is 0.610. The van der Waals surface area contributed by atoms with Gasteiger partial charge in [-0.1, -0.05) is 0 Å². The van der Waals surface area contributed by atoms with E-state index in [1.165, 1.54) is 27.5 Å². The van der Waals surface area contributed by atoms with Crippen molar-refractivity contribution in [2.24, 2.45) is 0 Å². The normalized spacial score (nSPS) is 11.3. The van der Waals surface area contributed by atoms with Crippen molar-refractivity contribution in [3.63, 3.8) is 0 Å². The van der Waals surface area contributed by atoms with Crippen molar-refractivity contribution in [1.29, 1.82) is 0 Å². The number of carbonyl (C=O) groups is 1. The minimum absolute atomic E-state index is 0.0277. The number of rotatable bonds is 9. The Bertz CT molecular complexity index is 1160. The summed E-state index contributed by atoms with van der Waals surface area (Å²) in [6.45, 7) is -0.314. The van der Waals surface area contributed by atoms with Gasteiger partial charge in [0.05, 0.1) is 27.9 Å². The minimum atomic E-state index is -3.90. The Labute approximate surface area is 173 Å². The molecule has 0 radical (unpaired) electrons. The predicted molar refractivity (Wildman–Crippen MR) is 109 cm³/mol. The molecule has 0 aliphatic rings.